The first kappa shape index (κ1) is 23.4. The molecular formula is C19H27N5O5S. The molecule has 0 aliphatic rings. The van der Waals surface area contributed by atoms with Crippen LogP contribution in [0.2, 0.25) is 0 Å². The first-order valence-corrected chi connectivity index (χ1v) is 10.1. The number of amides is 2. The van der Waals surface area contributed by atoms with Crippen LogP contribution in [0, 0.1) is 13.8 Å². The molecule has 2 rings (SSSR count). The quantitative estimate of drug-likeness (QED) is 0.488. The lowest BCUT2D eigenvalue weighted by atomic mass is 10.2. The first-order valence-electron chi connectivity index (χ1n) is 9.21. The van der Waals surface area contributed by atoms with Gasteiger partial charge in [0, 0.05) is 29.4 Å². The van der Waals surface area contributed by atoms with Crippen molar-refractivity contribution in [2.24, 2.45) is 7.05 Å². The van der Waals surface area contributed by atoms with Crippen LogP contribution in [0.5, 0.6) is 0 Å². The van der Waals surface area contributed by atoms with Gasteiger partial charge in [0.25, 0.3) is 5.91 Å². The van der Waals surface area contributed by atoms with Gasteiger partial charge in [0.15, 0.2) is 11.3 Å². The van der Waals surface area contributed by atoms with E-state index in [1.165, 1.54) is 11.3 Å². The number of alkyl carbamates (subject to hydrolysis) is 1. The number of nitrogens with one attached hydrogen (secondary N) is 3. The molecular weight excluding hydrogens is 410 g/mol. The number of aryl methyl sites for hydroxylation is 1. The number of carbonyl (C=O) groups is 3. The van der Waals surface area contributed by atoms with E-state index in [0.29, 0.717) is 10.8 Å². The van der Waals surface area contributed by atoms with Crippen molar-refractivity contribution in [2.75, 3.05) is 11.9 Å². The van der Waals surface area contributed by atoms with Crippen LogP contribution in [0.4, 0.5) is 9.93 Å². The van der Waals surface area contributed by atoms with E-state index in [0.717, 1.165) is 17.0 Å². The summed E-state index contributed by atoms with van der Waals surface area (Å²) in [6.45, 7) is 8.48. The number of rotatable bonds is 7. The van der Waals surface area contributed by atoms with Gasteiger partial charge in [-0.25, -0.2) is 9.78 Å². The second kappa shape index (κ2) is 9.26. The Morgan fingerprint density at radius 1 is 1.30 bits per heavy atom. The molecule has 0 radical (unpaired) electrons. The van der Waals surface area contributed by atoms with Gasteiger partial charge >= 0.3 is 12.1 Å². The van der Waals surface area contributed by atoms with E-state index in [1.54, 1.807) is 20.8 Å². The predicted molar refractivity (Wildman–Crippen MR) is 113 cm³/mol. The number of aliphatic carboxylic acids is 1. The fraction of sp³-hybridized carbons (Fsp3) is 0.474. The average Bonchev–Trinajstić information content (AvgIpc) is 3.16. The molecule has 1 atom stereocenters. The molecule has 2 aromatic rings. The number of nitrogens with zero attached hydrogens (tertiary/aromatic N) is 2. The number of hydrogen-bond donors (Lipinski definition) is 4. The van der Waals surface area contributed by atoms with Gasteiger partial charge in [0.1, 0.15) is 5.60 Å². The first-order chi connectivity index (χ1) is 13.9. The zero-order valence-electron chi connectivity index (χ0n) is 17.8. The highest BCUT2D eigenvalue weighted by molar-refractivity contribution is 7.14. The van der Waals surface area contributed by atoms with Crippen molar-refractivity contribution < 1.29 is 24.2 Å². The lowest BCUT2D eigenvalue weighted by molar-refractivity contribution is -0.136. The number of hydrogen-bond acceptors (Lipinski definition) is 7. The second-order valence-corrected chi connectivity index (χ2v) is 8.58. The highest BCUT2D eigenvalue weighted by atomic mass is 32.1. The van der Waals surface area contributed by atoms with Crippen molar-refractivity contribution in [1.82, 2.24) is 20.2 Å². The standard InChI is InChI=1S/C19H27N5O5S/c1-10-7-12(11(2)24(10)6)13-9-30-17(21-13)23-16(27)15(20-8-14(25)26)22-18(28)29-19(3,4)5/h7,9,15,20H,8H2,1-6H3,(H,22,28)(H,25,26)(H,21,23,27)/t15-/m1/s1. The normalized spacial score (nSPS) is 12.3. The third kappa shape index (κ3) is 6.29. The molecule has 164 valence electrons. The van der Waals surface area contributed by atoms with E-state index < -0.39 is 36.3 Å². The number of thiazole rings is 1. The van der Waals surface area contributed by atoms with Crippen molar-refractivity contribution in [3.8, 4) is 11.3 Å². The highest BCUT2D eigenvalue weighted by Gasteiger charge is 2.25. The molecule has 0 saturated heterocycles. The third-order valence-electron chi connectivity index (χ3n) is 4.17. The summed E-state index contributed by atoms with van der Waals surface area (Å²) in [4.78, 5) is 39.9. The largest absolute Gasteiger partial charge is 0.480 e. The summed E-state index contributed by atoms with van der Waals surface area (Å²) in [7, 11) is 1.96. The summed E-state index contributed by atoms with van der Waals surface area (Å²) in [6.07, 6.45) is -2.17. The molecule has 0 fully saturated rings. The van der Waals surface area contributed by atoms with E-state index in [2.05, 4.69) is 20.9 Å². The van der Waals surface area contributed by atoms with Gasteiger partial charge in [0.05, 0.1) is 12.2 Å². The minimum absolute atomic E-state index is 0.323. The van der Waals surface area contributed by atoms with E-state index in [4.69, 9.17) is 9.84 Å². The number of carboxylic acids is 1. The van der Waals surface area contributed by atoms with Crippen LogP contribution in [-0.4, -0.2) is 50.9 Å². The zero-order chi connectivity index (χ0) is 22.6. The Bertz CT molecular complexity index is 944. The fourth-order valence-electron chi connectivity index (χ4n) is 2.57. The van der Waals surface area contributed by atoms with Crippen molar-refractivity contribution in [1.29, 1.82) is 0 Å². The SMILES string of the molecule is Cc1cc(-c2csc(NC(=O)[C@H](NCC(=O)O)NC(=O)OC(C)(C)C)n2)c(C)n1C. The molecule has 0 unspecified atom stereocenters. The Hall–Kier alpha value is -2.92. The van der Waals surface area contributed by atoms with Crippen molar-refractivity contribution in [2.45, 2.75) is 46.4 Å². The Kier molecular flexibility index (Phi) is 7.21. The number of carbonyl (C=O) groups excluding carboxylic acids is 2. The number of aromatic nitrogens is 2. The minimum Gasteiger partial charge on any atom is -0.480 e. The summed E-state index contributed by atoms with van der Waals surface area (Å²) < 4.78 is 7.18. The van der Waals surface area contributed by atoms with E-state index in [-0.39, 0.29) is 0 Å². The number of ether oxygens (including phenoxy) is 1. The van der Waals surface area contributed by atoms with Crippen LogP contribution in [0.3, 0.4) is 0 Å². The Morgan fingerprint density at radius 3 is 2.50 bits per heavy atom. The van der Waals surface area contributed by atoms with E-state index >= 15 is 0 Å². The molecule has 0 aromatic carbocycles. The van der Waals surface area contributed by atoms with Crippen molar-refractivity contribution in [3.63, 3.8) is 0 Å². The third-order valence-corrected chi connectivity index (χ3v) is 4.92. The fourth-order valence-corrected chi connectivity index (χ4v) is 3.28. The summed E-state index contributed by atoms with van der Waals surface area (Å²) in [5.41, 5.74) is 3.03. The molecule has 2 amide bonds. The van der Waals surface area contributed by atoms with E-state index in [1.807, 2.05) is 36.9 Å². The van der Waals surface area contributed by atoms with Gasteiger partial charge in [-0.05, 0) is 40.7 Å². The van der Waals surface area contributed by atoms with Crippen LogP contribution >= 0.6 is 11.3 Å². The van der Waals surface area contributed by atoms with Gasteiger partial charge < -0.3 is 14.4 Å². The Labute approximate surface area is 178 Å². The maximum atomic E-state index is 12.6. The molecule has 11 heteroatoms. The second-order valence-electron chi connectivity index (χ2n) is 7.72. The van der Waals surface area contributed by atoms with Crippen LogP contribution in [0.25, 0.3) is 11.3 Å². The van der Waals surface area contributed by atoms with Gasteiger partial charge in [0.2, 0.25) is 0 Å². The summed E-state index contributed by atoms with van der Waals surface area (Å²) in [5.74, 6) is -1.84. The molecule has 0 spiro atoms. The van der Waals surface area contributed by atoms with E-state index in [9.17, 15) is 14.4 Å². The molecule has 4 N–H and O–H groups in total. The zero-order valence-corrected chi connectivity index (χ0v) is 18.6. The Morgan fingerprint density at radius 2 is 1.97 bits per heavy atom. The lowest BCUT2D eigenvalue weighted by Crippen LogP contribution is -2.55. The minimum atomic E-state index is -1.32. The van der Waals surface area contributed by atoms with Crippen LogP contribution in [0.15, 0.2) is 11.4 Å². The molecule has 2 heterocycles. The molecule has 2 aromatic heterocycles. The number of carboxylic acid groups (broad SMARTS) is 1. The molecule has 30 heavy (non-hydrogen) atoms. The lowest BCUT2D eigenvalue weighted by Gasteiger charge is -2.23. The number of anilines is 1. The molecule has 10 nitrogen and oxygen atoms in total. The van der Waals surface area contributed by atoms with Crippen LogP contribution in [0.1, 0.15) is 32.2 Å². The van der Waals surface area contributed by atoms with Gasteiger partial charge in [-0.3, -0.25) is 25.5 Å². The maximum Gasteiger partial charge on any atom is 0.409 e. The monoisotopic (exact) mass is 437 g/mol. The molecule has 0 aliphatic heterocycles. The van der Waals surface area contributed by atoms with Crippen molar-refractivity contribution in [3.05, 3.63) is 22.8 Å². The summed E-state index contributed by atoms with van der Waals surface area (Å²) in [5, 5.41) is 18.4. The molecule has 0 bridgehead atoms. The van der Waals surface area contributed by atoms with Gasteiger partial charge in [-0.15, -0.1) is 11.3 Å². The van der Waals surface area contributed by atoms with Crippen LogP contribution in [-0.2, 0) is 21.4 Å². The highest BCUT2D eigenvalue weighted by Crippen LogP contribution is 2.29. The topological polar surface area (TPSA) is 135 Å². The summed E-state index contributed by atoms with van der Waals surface area (Å²) >= 11 is 1.23. The average molecular weight is 438 g/mol. The van der Waals surface area contributed by atoms with Gasteiger partial charge in [-0.1, -0.05) is 0 Å². The molecule has 0 aliphatic carbocycles. The smallest absolute Gasteiger partial charge is 0.409 e. The van der Waals surface area contributed by atoms with Crippen LogP contribution < -0.4 is 16.0 Å². The Balaban J connectivity index is 2.12. The summed E-state index contributed by atoms with van der Waals surface area (Å²) in [6, 6.07) is 2.01. The van der Waals surface area contributed by atoms with Gasteiger partial charge in [-0.2, -0.15) is 0 Å². The predicted octanol–water partition coefficient (Wildman–Crippen LogP) is 2.23. The molecule has 0 saturated carbocycles. The maximum absolute atomic E-state index is 12.6. The van der Waals surface area contributed by atoms with Crippen molar-refractivity contribution >= 4 is 34.4 Å².